The van der Waals surface area contributed by atoms with E-state index in [0.29, 0.717) is 13.2 Å². The fourth-order valence-corrected chi connectivity index (χ4v) is 1.68. The molecule has 0 radical (unpaired) electrons. The zero-order valence-corrected chi connectivity index (χ0v) is 8.73. The maximum absolute atomic E-state index is 12.0. The molecule has 1 fully saturated rings. The number of benzene rings is 1. The van der Waals surface area contributed by atoms with Gasteiger partial charge in [-0.15, -0.1) is 0 Å². The highest BCUT2D eigenvalue weighted by Crippen LogP contribution is 2.23. The summed E-state index contributed by atoms with van der Waals surface area (Å²) in [6, 6.07) is 6.74. The van der Waals surface area contributed by atoms with Crippen LogP contribution in [0.4, 0.5) is 14.5 Å². The number of anilines is 1. The molecule has 1 aromatic rings. The highest BCUT2D eigenvalue weighted by Gasteiger charge is 2.12. The summed E-state index contributed by atoms with van der Waals surface area (Å²) in [5.74, 6) is 0.194. The summed E-state index contributed by atoms with van der Waals surface area (Å²) < 4.78 is 33.7. The fraction of sp³-hybridized carbons (Fsp3) is 0.455. The first-order valence-corrected chi connectivity index (χ1v) is 5.13. The number of hydrogen-bond acceptors (Lipinski definition) is 3. The second-order valence-electron chi connectivity index (χ2n) is 3.48. The van der Waals surface area contributed by atoms with Gasteiger partial charge in [0.05, 0.1) is 13.2 Å². The van der Waals surface area contributed by atoms with E-state index < -0.39 is 6.61 Å². The van der Waals surface area contributed by atoms with E-state index in [4.69, 9.17) is 4.74 Å². The lowest BCUT2D eigenvalue weighted by molar-refractivity contribution is -0.0498. The van der Waals surface area contributed by atoms with Crippen molar-refractivity contribution in [3.05, 3.63) is 24.3 Å². The molecule has 1 unspecified atom stereocenters. The summed E-state index contributed by atoms with van der Waals surface area (Å²) in [7, 11) is 0. The number of hydrogen-bond donors (Lipinski definition) is 0. The molecule has 3 nitrogen and oxygen atoms in total. The number of alkyl halides is 2. The minimum atomic E-state index is -2.78. The molecule has 88 valence electrons. The van der Waals surface area contributed by atoms with E-state index in [0.717, 1.165) is 18.8 Å². The van der Waals surface area contributed by atoms with Crippen LogP contribution < -0.4 is 9.64 Å². The van der Waals surface area contributed by atoms with Gasteiger partial charge in [-0.3, -0.25) is 0 Å². The second-order valence-corrected chi connectivity index (χ2v) is 3.48. The Bertz CT molecular complexity index is 341. The van der Waals surface area contributed by atoms with Crippen molar-refractivity contribution in [3.63, 3.8) is 0 Å². The normalized spacial score (nSPS) is 18.2. The third-order valence-electron chi connectivity index (χ3n) is 2.42. The number of rotatable bonds is 3. The molecule has 0 N–H and O–H groups in total. The van der Waals surface area contributed by atoms with Gasteiger partial charge in [0.1, 0.15) is 5.75 Å². The predicted molar refractivity (Wildman–Crippen MR) is 56.1 cm³/mol. The van der Waals surface area contributed by atoms with Gasteiger partial charge in [0.15, 0.2) is 0 Å². The maximum Gasteiger partial charge on any atom is 0.387 e. The van der Waals surface area contributed by atoms with Crippen molar-refractivity contribution >= 4 is 5.69 Å². The lowest BCUT2D eigenvalue weighted by atomic mass is 10.2. The summed E-state index contributed by atoms with van der Waals surface area (Å²) >= 11 is 0. The van der Waals surface area contributed by atoms with Crippen LogP contribution in [-0.2, 0) is 4.74 Å². The molecule has 0 aromatic heterocycles. The minimum Gasteiger partial charge on any atom is -0.435 e. The van der Waals surface area contributed by atoms with Gasteiger partial charge in [0, 0.05) is 24.8 Å². The average molecular weight is 228 g/mol. The van der Waals surface area contributed by atoms with Crippen LogP contribution in [0.2, 0.25) is 0 Å². The molecule has 0 aliphatic carbocycles. The summed E-state index contributed by atoms with van der Waals surface area (Å²) in [6.07, 6.45) is 0. The van der Waals surface area contributed by atoms with Crippen LogP contribution in [0.3, 0.4) is 0 Å². The van der Waals surface area contributed by atoms with E-state index in [1.54, 1.807) is 12.1 Å². The largest absolute Gasteiger partial charge is 0.435 e. The Hall–Kier alpha value is -1.36. The Morgan fingerprint density at radius 2 is 2.00 bits per heavy atom. The highest BCUT2D eigenvalue weighted by molar-refractivity contribution is 5.50. The first kappa shape index (κ1) is 11.1. The number of ether oxygens (including phenoxy) is 2. The van der Waals surface area contributed by atoms with E-state index in [-0.39, 0.29) is 5.75 Å². The molecule has 0 bridgehead atoms. The van der Waals surface area contributed by atoms with Crippen molar-refractivity contribution in [3.8, 4) is 5.75 Å². The third-order valence-corrected chi connectivity index (χ3v) is 2.42. The van der Waals surface area contributed by atoms with Crippen LogP contribution in [0.15, 0.2) is 24.3 Å². The standard InChI is InChI=1S/C11H13F2NO2/c12-11(13)16-10-3-1-2-9(8-10)14-4-6-15-7-5-14/h1-3,8,11H,4-7H2/i12-1. The van der Waals surface area contributed by atoms with Crippen LogP contribution in [0, 0.1) is 0 Å². The summed E-state index contributed by atoms with van der Waals surface area (Å²) in [4.78, 5) is 2.09. The van der Waals surface area contributed by atoms with Crippen LogP contribution >= 0.6 is 0 Å². The Kier molecular flexibility index (Phi) is 3.56. The number of nitrogens with zero attached hydrogens (tertiary/aromatic N) is 1. The smallest absolute Gasteiger partial charge is 0.387 e. The summed E-state index contributed by atoms with van der Waals surface area (Å²) in [5.41, 5.74) is 0.890. The Balaban J connectivity index is 2.08. The van der Waals surface area contributed by atoms with Crippen LogP contribution in [0.5, 0.6) is 5.75 Å². The zero-order chi connectivity index (χ0) is 11.4. The Labute approximate surface area is 92.6 Å². The van der Waals surface area contributed by atoms with Crippen LogP contribution in [0.1, 0.15) is 0 Å². The van der Waals surface area contributed by atoms with Crippen molar-refractivity contribution in [1.82, 2.24) is 0 Å². The second kappa shape index (κ2) is 5.12. The zero-order valence-electron chi connectivity index (χ0n) is 8.73. The SMILES string of the molecule is FC([18F])Oc1cccc(N2CCOCC2)c1. The summed E-state index contributed by atoms with van der Waals surface area (Å²) in [6.45, 7) is 0.107. The highest BCUT2D eigenvalue weighted by atomic mass is 19.2. The summed E-state index contributed by atoms with van der Waals surface area (Å²) in [5, 5.41) is 0. The molecule has 1 heterocycles. The molecule has 1 atom stereocenters. The quantitative estimate of drug-likeness (QED) is 0.791. The van der Waals surface area contributed by atoms with Gasteiger partial charge in [-0.25, -0.2) is 0 Å². The van der Waals surface area contributed by atoms with Crippen LogP contribution in [-0.4, -0.2) is 32.9 Å². The molecule has 2 rings (SSSR count). The molecule has 1 aliphatic rings. The molecule has 5 heteroatoms. The third kappa shape index (κ3) is 2.82. The van der Waals surface area contributed by atoms with Crippen LogP contribution in [0.25, 0.3) is 0 Å². The van der Waals surface area contributed by atoms with E-state index in [9.17, 15) is 8.78 Å². The Morgan fingerprint density at radius 3 is 2.69 bits per heavy atom. The van der Waals surface area contributed by atoms with Gasteiger partial charge < -0.3 is 14.4 Å². The molecular formula is C11H13F2NO2. The topological polar surface area (TPSA) is 21.7 Å². The van der Waals surface area contributed by atoms with Gasteiger partial charge in [0.25, 0.3) is 0 Å². The van der Waals surface area contributed by atoms with Crippen molar-refractivity contribution in [2.45, 2.75) is 6.61 Å². The monoisotopic (exact) mass is 228 g/mol. The number of morpholine rings is 1. The first-order chi connectivity index (χ1) is 7.75. The number of halogens is 2. The molecule has 0 amide bonds. The van der Waals surface area contributed by atoms with Crippen molar-refractivity contribution < 1.29 is 18.3 Å². The molecular weight excluding hydrogens is 215 g/mol. The molecule has 1 saturated heterocycles. The van der Waals surface area contributed by atoms with Crippen molar-refractivity contribution in [2.75, 3.05) is 31.2 Å². The van der Waals surface area contributed by atoms with E-state index in [1.165, 1.54) is 6.07 Å². The molecule has 0 saturated carbocycles. The molecule has 1 aromatic carbocycles. The van der Waals surface area contributed by atoms with Crippen molar-refractivity contribution in [2.24, 2.45) is 0 Å². The van der Waals surface area contributed by atoms with E-state index >= 15 is 0 Å². The fourth-order valence-electron chi connectivity index (χ4n) is 1.68. The van der Waals surface area contributed by atoms with Gasteiger partial charge in [-0.05, 0) is 12.1 Å². The maximum atomic E-state index is 12.0. The molecule has 1 aliphatic heterocycles. The lowest BCUT2D eigenvalue weighted by Gasteiger charge is -2.29. The van der Waals surface area contributed by atoms with E-state index in [2.05, 4.69) is 9.64 Å². The first-order valence-electron chi connectivity index (χ1n) is 5.13. The van der Waals surface area contributed by atoms with Gasteiger partial charge >= 0.3 is 6.61 Å². The Morgan fingerprint density at radius 1 is 1.25 bits per heavy atom. The average Bonchev–Trinajstić information content (AvgIpc) is 2.30. The lowest BCUT2D eigenvalue weighted by Crippen LogP contribution is -2.36. The molecule has 16 heavy (non-hydrogen) atoms. The van der Waals surface area contributed by atoms with Gasteiger partial charge in [0.2, 0.25) is 0 Å². The van der Waals surface area contributed by atoms with E-state index in [1.807, 2.05) is 6.07 Å². The minimum absolute atomic E-state index is 0.194. The van der Waals surface area contributed by atoms with Gasteiger partial charge in [-0.2, -0.15) is 8.78 Å². The van der Waals surface area contributed by atoms with Crippen molar-refractivity contribution in [1.29, 1.82) is 0 Å². The van der Waals surface area contributed by atoms with Gasteiger partial charge in [-0.1, -0.05) is 6.07 Å². The predicted octanol–water partition coefficient (Wildman–Crippen LogP) is 2.12. The molecule has 0 spiro atoms.